The Bertz CT molecular complexity index is 359. The first kappa shape index (κ1) is 14.4. The molecule has 1 fully saturated rings. The summed E-state index contributed by atoms with van der Waals surface area (Å²) in [4.78, 5) is 13.4. The van der Waals surface area contributed by atoms with Crippen LogP contribution in [0.25, 0.3) is 0 Å². The van der Waals surface area contributed by atoms with Gasteiger partial charge in [-0.05, 0) is 13.3 Å². The number of nitrogens with zero attached hydrogens (tertiary/aromatic N) is 2. The summed E-state index contributed by atoms with van der Waals surface area (Å²) in [5, 5.41) is 9.09. The van der Waals surface area contributed by atoms with Crippen LogP contribution in [0.1, 0.15) is 19.8 Å². The van der Waals surface area contributed by atoms with Gasteiger partial charge < -0.3 is 10.0 Å². The maximum Gasteiger partial charge on any atom is 0.222 e. The highest BCUT2D eigenvalue weighted by Crippen LogP contribution is 2.08. The monoisotopic (exact) mass is 264 g/mol. The zero-order valence-corrected chi connectivity index (χ0v) is 11.1. The molecule has 1 amide bonds. The quantitative estimate of drug-likeness (QED) is 0.725. The van der Waals surface area contributed by atoms with Crippen LogP contribution in [0.5, 0.6) is 0 Å². The molecule has 1 aliphatic rings. The molecular weight excluding hydrogens is 244 g/mol. The average Bonchev–Trinajstić information content (AvgIpc) is 2.25. The lowest BCUT2D eigenvalue weighted by atomic mass is 10.2. The third-order valence-corrected chi connectivity index (χ3v) is 4.14. The van der Waals surface area contributed by atoms with Crippen LogP contribution in [-0.4, -0.2) is 67.2 Å². The minimum absolute atomic E-state index is 0.0148. The van der Waals surface area contributed by atoms with Gasteiger partial charge in [-0.15, -0.1) is 0 Å². The van der Waals surface area contributed by atoms with E-state index in [0.29, 0.717) is 39.0 Å². The number of hydrogen-bond donors (Lipinski definition) is 1. The van der Waals surface area contributed by atoms with Crippen LogP contribution in [0.3, 0.4) is 0 Å². The van der Waals surface area contributed by atoms with Gasteiger partial charge in [0.15, 0.2) is 0 Å². The van der Waals surface area contributed by atoms with Crippen LogP contribution in [0.15, 0.2) is 0 Å². The van der Waals surface area contributed by atoms with E-state index in [1.807, 2.05) is 0 Å². The maximum atomic E-state index is 11.7. The standard InChI is InChI=1S/C10H20N2O4S/c1-9(13)3-4-10(14)11-5-7-12(8-6-11)17(2,15)16/h9,13H,3-8H2,1-2H3. The van der Waals surface area contributed by atoms with Crippen molar-refractivity contribution in [3.05, 3.63) is 0 Å². The summed E-state index contributed by atoms with van der Waals surface area (Å²) in [6, 6.07) is 0. The largest absolute Gasteiger partial charge is 0.393 e. The molecule has 1 heterocycles. The molecule has 0 aliphatic carbocycles. The van der Waals surface area contributed by atoms with Crippen LogP contribution in [0, 0.1) is 0 Å². The number of sulfonamides is 1. The Hall–Kier alpha value is -0.660. The van der Waals surface area contributed by atoms with Gasteiger partial charge in [-0.25, -0.2) is 8.42 Å². The van der Waals surface area contributed by atoms with Crippen molar-refractivity contribution in [3.8, 4) is 0 Å². The summed E-state index contributed by atoms with van der Waals surface area (Å²) in [6.45, 7) is 3.24. The van der Waals surface area contributed by atoms with E-state index in [-0.39, 0.29) is 5.91 Å². The van der Waals surface area contributed by atoms with E-state index in [1.54, 1.807) is 11.8 Å². The number of aliphatic hydroxyl groups excluding tert-OH is 1. The fourth-order valence-corrected chi connectivity index (χ4v) is 2.59. The third-order valence-electron chi connectivity index (χ3n) is 2.84. The minimum atomic E-state index is -3.15. The van der Waals surface area contributed by atoms with Crippen molar-refractivity contribution in [1.82, 2.24) is 9.21 Å². The topological polar surface area (TPSA) is 77.9 Å². The van der Waals surface area contributed by atoms with Crippen molar-refractivity contribution in [1.29, 1.82) is 0 Å². The minimum Gasteiger partial charge on any atom is -0.393 e. The zero-order valence-electron chi connectivity index (χ0n) is 10.3. The second kappa shape index (κ2) is 5.79. The van der Waals surface area contributed by atoms with Crippen LogP contribution in [-0.2, 0) is 14.8 Å². The van der Waals surface area contributed by atoms with Crippen LogP contribution >= 0.6 is 0 Å². The smallest absolute Gasteiger partial charge is 0.222 e. The van der Waals surface area contributed by atoms with Crippen LogP contribution < -0.4 is 0 Å². The van der Waals surface area contributed by atoms with Gasteiger partial charge in [0.25, 0.3) is 0 Å². The van der Waals surface area contributed by atoms with Gasteiger partial charge in [-0.1, -0.05) is 0 Å². The highest BCUT2D eigenvalue weighted by Gasteiger charge is 2.25. The molecule has 0 saturated carbocycles. The molecule has 1 atom stereocenters. The van der Waals surface area contributed by atoms with Crippen molar-refractivity contribution in [2.45, 2.75) is 25.9 Å². The molecule has 0 spiro atoms. The second-order valence-electron chi connectivity index (χ2n) is 4.43. The molecule has 1 unspecified atom stereocenters. The van der Waals surface area contributed by atoms with Crippen LogP contribution in [0.4, 0.5) is 0 Å². The SMILES string of the molecule is CC(O)CCC(=O)N1CCN(S(C)(=O)=O)CC1. The van der Waals surface area contributed by atoms with E-state index in [1.165, 1.54) is 10.6 Å². The molecule has 100 valence electrons. The molecule has 0 bridgehead atoms. The van der Waals surface area contributed by atoms with E-state index >= 15 is 0 Å². The summed E-state index contributed by atoms with van der Waals surface area (Å²) in [5.41, 5.74) is 0. The normalized spacial score (nSPS) is 20.3. The molecular formula is C10H20N2O4S. The molecule has 0 radical (unpaired) electrons. The predicted molar refractivity (Wildman–Crippen MR) is 63.9 cm³/mol. The van der Waals surface area contributed by atoms with E-state index < -0.39 is 16.1 Å². The van der Waals surface area contributed by atoms with Crippen molar-refractivity contribution in [2.24, 2.45) is 0 Å². The molecule has 0 aromatic heterocycles. The number of carbonyl (C=O) groups is 1. The first-order valence-corrected chi connectivity index (χ1v) is 7.56. The average molecular weight is 264 g/mol. The molecule has 1 N–H and O–H groups in total. The van der Waals surface area contributed by atoms with Gasteiger partial charge >= 0.3 is 0 Å². The Labute approximate surface area is 102 Å². The summed E-state index contributed by atoms with van der Waals surface area (Å²) in [5.74, 6) is -0.0148. The Morgan fingerprint density at radius 3 is 2.24 bits per heavy atom. The molecule has 6 nitrogen and oxygen atoms in total. The summed E-state index contributed by atoms with van der Waals surface area (Å²) < 4.78 is 23.9. The Morgan fingerprint density at radius 1 is 1.29 bits per heavy atom. The zero-order chi connectivity index (χ0) is 13.1. The van der Waals surface area contributed by atoms with Crippen molar-refractivity contribution >= 4 is 15.9 Å². The number of amides is 1. The van der Waals surface area contributed by atoms with Crippen LogP contribution in [0.2, 0.25) is 0 Å². The predicted octanol–water partition coefficient (Wildman–Crippen LogP) is -0.749. The van der Waals surface area contributed by atoms with E-state index in [9.17, 15) is 13.2 Å². The third kappa shape index (κ3) is 4.61. The van der Waals surface area contributed by atoms with Gasteiger partial charge in [0.05, 0.1) is 12.4 Å². The Balaban J connectivity index is 2.39. The lowest BCUT2D eigenvalue weighted by molar-refractivity contribution is -0.132. The lowest BCUT2D eigenvalue weighted by Gasteiger charge is -2.33. The summed E-state index contributed by atoms with van der Waals surface area (Å²) in [6.07, 6.45) is 1.47. The molecule has 7 heteroatoms. The number of aliphatic hydroxyl groups is 1. The van der Waals surface area contributed by atoms with Gasteiger partial charge in [-0.2, -0.15) is 4.31 Å². The van der Waals surface area contributed by atoms with E-state index in [0.717, 1.165) is 0 Å². The highest BCUT2D eigenvalue weighted by molar-refractivity contribution is 7.88. The molecule has 0 aromatic carbocycles. The number of hydrogen-bond acceptors (Lipinski definition) is 4. The number of rotatable bonds is 4. The fourth-order valence-electron chi connectivity index (χ4n) is 1.76. The first-order valence-electron chi connectivity index (χ1n) is 5.71. The lowest BCUT2D eigenvalue weighted by Crippen LogP contribution is -2.50. The first-order chi connectivity index (χ1) is 7.80. The van der Waals surface area contributed by atoms with E-state index in [4.69, 9.17) is 5.11 Å². The van der Waals surface area contributed by atoms with Crippen molar-refractivity contribution < 1.29 is 18.3 Å². The second-order valence-corrected chi connectivity index (χ2v) is 6.41. The van der Waals surface area contributed by atoms with E-state index in [2.05, 4.69) is 0 Å². The molecule has 1 saturated heterocycles. The Kier molecular flexibility index (Phi) is 4.91. The fraction of sp³-hybridized carbons (Fsp3) is 0.900. The molecule has 0 aromatic rings. The summed E-state index contributed by atoms with van der Waals surface area (Å²) >= 11 is 0. The summed E-state index contributed by atoms with van der Waals surface area (Å²) in [7, 11) is -3.15. The number of piperazine rings is 1. The highest BCUT2D eigenvalue weighted by atomic mass is 32.2. The van der Waals surface area contributed by atoms with Gasteiger partial charge in [-0.3, -0.25) is 4.79 Å². The Morgan fingerprint density at radius 2 is 1.82 bits per heavy atom. The maximum absolute atomic E-state index is 11.7. The van der Waals surface area contributed by atoms with Gasteiger partial charge in [0.2, 0.25) is 15.9 Å². The molecule has 1 aliphatic heterocycles. The van der Waals surface area contributed by atoms with Gasteiger partial charge in [0.1, 0.15) is 0 Å². The van der Waals surface area contributed by atoms with Crippen molar-refractivity contribution in [2.75, 3.05) is 32.4 Å². The molecule has 1 rings (SSSR count). The number of carbonyl (C=O) groups excluding carboxylic acids is 1. The van der Waals surface area contributed by atoms with Gasteiger partial charge in [0, 0.05) is 32.6 Å². The van der Waals surface area contributed by atoms with Crippen molar-refractivity contribution in [3.63, 3.8) is 0 Å². The molecule has 17 heavy (non-hydrogen) atoms.